The van der Waals surface area contributed by atoms with Crippen LogP contribution in [0.2, 0.25) is 0 Å². The average molecular weight is 344 g/mol. The average Bonchev–Trinajstić information content (AvgIpc) is 2.26. The Kier molecular flexibility index (Phi) is 6.67. The lowest BCUT2D eigenvalue weighted by atomic mass is 9.77. The predicted octanol–water partition coefficient (Wildman–Crippen LogP) is 1.59. The van der Waals surface area contributed by atoms with E-state index in [1.54, 1.807) is 27.7 Å². The number of nitrogens with one attached hydrogen (secondary N) is 2. The zero-order valence-electron chi connectivity index (χ0n) is 16.9. The van der Waals surface area contributed by atoms with Crippen molar-refractivity contribution in [3.05, 3.63) is 0 Å². The molecule has 142 valence electrons. The molecule has 0 saturated carbocycles. The molecule has 2 unspecified atom stereocenters. The molecule has 6 heteroatoms. The van der Waals surface area contributed by atoms with Crippen LogP contribution in [0.5, 0.6) is 0 Å². The van der Waals surface area contributed by atoms with Gasteiger partial charge in [-0.25, -0.2) is 0 Å². The molecule has 0 heterocycles. The van der Waals surface area contributed by atoms with Crippen molar-refractivity contribution in [1.82, 2.24) is 10.6 Å². The lowest BCUT2D eigenvalue weighted by Gasteiger charge is -2.41. The van der Waals surface area contributed by atoms with Gasteiger partial charge in [0.25, 0.3) is 0 Å². The lowest BCUT2D eigenvalue weighted by molar-refractivity contribution is -0.144. The van der Waals surface area contributed by atoms with Gasteiger partial charge < -0.3 is 20.8 Å². The third-order valence-electron chi connectivity index (χ3n) is 3.90. The summed E-state index contributed by atoms with van der Waals surface area (Å²) in [6.07, 6.45) is 0. The molecule has 0 fully saturated rings. The van der Waals surface area contributed by atoms with Crippen LogP contribution < -0.4 is 10.6 Å². The minimum absolute atomic E-state index is 0.437. The van der Waals surface area contributed by atoms with Crippen molar-refractivity contribution in [2.24, 2.45) is 10.8 Å². The molecule has 24 heavy (non-hydrogen) atoms. The summed E-state index contributed by atoms with van der Waals surface area (Å²) in [5.74, 6) is -1.65. The highest BCUT2D eigenvalue weighted by Crippen LogP contribution is 2.29. The molecule has 4 N–H and O–H groups in total. The van der Waals surface area contributed by atoms with Gasteiger partial charge in [0.15, 0.2) is 0 Å². The van der Waals surface area contributed by atoms with E-state index in [4.69, 9.17) is 0 Å². The summed E-state index contributed by atoms with van der Waals surface area (Å²) in [6.45, 7) is 17.6. The van der Waals surface area contributed by atoms with E-state index in [1.807, 2.05) is 41.5 Å². The van der Waals surface area contributed by atoms with Crippen LogP contribution in [0, 0.1) is 10.8 Å². The number of aliphatic hydroxyl groups is 2. The van der Waals surface area contributed by atoms with Crippen LogP contribution >= 0.6 is 0 Å². The monoisotopic (exact) mass is 344 g/mol. The number of amides is 2. The second kappa shape index (κ2) is 7.00. The molecule has 0 spiro atoms. The molecule has 0 rings (SSSR count). The van der Waals surface area contributed by atoms with Gasteiger partial charge in [0, 0.05) is 0 Å². The highest BCUT2D eigenvalue weighted by Gasteiger charge is 2.41. The van der Waals surface area contributed by atoms with E-state index >= 15 is 0 Å². The summed E-state index contributed by atoms with van der Waals surface area (Å²) >= 11 is 0. The molecule has 0 bridgehead atoms. The molecule has 0 aliphatic heterocycles. The fraction of sp³-hybridized carbons (Fsp3) is 0.889. The first-order chi connectivity index (χ1) is 10.3. The van der Waals surface area contributed by atoms with Gasteiger partial charge in [0.05, 0.1) is 23.3 Å². The normalized spacial score (nSPS) is 16.3. The van der Waals surface area contributed by atoms with Gasteiger partial charge in [-0.3, -0.25) is 9.59 Å². The van der Waals surface area contributed by atoms with Crippen molar-refractivity contribution in [3.63, 3.8) is 0 Å². The van der Waals surface area contributed by atoms with Crippen LogP contribution in [0.3, 0.4) is 0 Å². The third kappa shape index (κ3) is 6.77. The fourth-order valence-corrected chi connectivity index (χ4v) is 3.30. The van der Waals surface area contributed by atoms with Gasteiger partial charge in [-0.2, -0.15) is 0 Å². The summed E-state index contributed by atoms with van der Waals surface area (Å²) in [7, 11) is 0. The van der Waals surface area contributed by atoms with Gasteiger partial charge >= 0.3 is 11.8 Å². The van der Waals surface area contributed by atoms with Crippen molar-refractivity contribution in [1.29, 1.82) is 0 Å². The fourth-order valence-electron chi connectivity index (χ4n) is 3.30. The highest BCUT2D eigenvalue weighted by atomic mass is 16.3. The molecule has 0 radical (unpaired) electrons. The number of hydrogen-bond donors (Lipinski definition) is 4. The van der Waals surface area contributed by atoms with Crippen LogP contribution in [0.25, 0.3) is 0 Å². The van der Waals surface area contributed by atoms with Gasteiger partial charge in [0.2, 0.25) is 0 Å². The summed E-state index contributed by atoms with van der Waals surface area (Å²) < 4.78 is 0. The Morgan fingerprint density at radius 3 is 0.958 bits per heavy atom. The summed E-state index contributed by atoms with van der Waals surface area (Å²) in [4.78, 5) is 24.6. The Hall–Kier alpha value is -1.14. The highest BCUT2D eigenvalue weighted by molar-refractivity contribution is 6.35. The van der Waals surface area contributed by atoms with E-state index in [9.17, 15) is 19.8 Å². The number of rotatable bonds is 4. The molecule has 0 aliphatic carbocycles. The Labute approximate surface area is 146 Å². The summed E-state index contributed by atoms with van der Waals surface area (Å²) in [5, 5.41) is 25.8. The molecule has 6 nitrogen and oxygen atoms in total. The Bertz CT molecular complexity index is 387. The SMILES string of the molecule is CC(C)(C)C(NC(=O)C(=O)NC(C(C)(C)C)C(C)(C)O)C(C)(C)O. The Morgan fingerprint density at radius 1 is 0.625 bits per heavy atom. The van der Waals surface area contributed by atoms with Crippen molar-refractivity contribution < 1.29 is 19.8 Å². The molecule has 2 amide bonds. The first kappa shape index (κ1) is 22.9. The maximum absolute atomic E-state index is 12.3. The van der Waals surface area contributed by atoms with Crippen LogP contribution in [-0.4, -0.2) is 45.3 Å². The van der Waals surface area contributed by atoms with Gasteiger partial charge in [-0.15, -0.1) is 0 Å². The zero-order chi connectivity index (χ0) is 19.7. The van der Waals surface area contributed by atoms with Crippen LogP contribution in [0.4, 0.5) is 0 Å². The smallest absolute Gasteiger partial charge is 0.309 e. The Balaban J connectivity index is 5.28. The van der Waals surface area contributed by atoms with Gasteiger partial charge in [-0.1, -0.05) is 41.5 Å². The molecule has 2 atom stereocenters. The van der Waals surface area contributed by atoms with Crippen molar-refractivity contribution in [3.8, 4) is 0 Å². The number of carbonyl (C=O) groups excluding carboxylic acids is 2. The summed E-state index contributed by atoms with van der Waals surface area (Å²) in [6, 6.07) is -1.23. The van der Waals surface area contributed by atoms with Crippen LogP contribution in [0.1, 0.15) is 69.2 Å². The van der Waals surface area contributed by atoms with E-state index in [-0.39, 0.29) is 0 Å². The van der Waals surface area contributed by atoms with Crippen LogP contribution in [-0.2, 0) is 9.59 Å². The molecule has 0 aromatic rings. The topological polar surface area (TPSA) is 98.7 Å². The number of hydrogen-bond acceptors (Lipinski definition) is 4. The minimum atomic E-state index is -1.19. The van der Waals surface area contributed by atoms with E-state index in [2.05, 4.69) is 10.6 Å². The first-order valence-corrected chi connectivity index (χ1v) is 8.34. The summed E-state index contributed by atoms with van der Waals surface area (Å²) in [5.41, 5.74) is -3.25. The quantitative estimate of drug-likeness (QED) is 0.582. The van der Waals surface area contributed by atoms with E-state index in [0.29, 0.717) is 0 Å². The standard InChI is InChI=1S/C18H36N2O4/c1-15(2,3)13(17(7,8)23)19-11(21)12(22)20-14(16(4,5)6)18(9,10)24/h13-14,23-24H,1-10H3,(H,19,21)(H,20,22). The first-order valence-electron chi connectivity index (χ1n) is 8.34. The maximum Gasteiger partial charge on any atom is 0.309 e. The predicted molar refractivity (Wildman–Crippen MR) is 95.4 cm³/mol. The second-order valence-corrected chi connectivity index (χ2v) is 9.85. The van der Waals surface area contributed by atoms with E-state index in [0.717, 1.165) is 0 Å². The van der Waals surface area contributed by atoms with E-state index < -0.39 is 45.9 Å². The van der Waals surface area contributed by atoms with Crippen molar-refractivity contribution in [2.75, 3.05) is 0 Å². The molecule has 0 aromatic heterocycles. The molecule has 0 aliphatic rings. The lowest BCUT2D eigenvalue weighted by Crippen LogP contribution is -2.62. The second-order valence-electron chi connectivity index (χ2n) is 9.85. The number of carbonyl (C=O) groups is 2. The van der Waals surface area contributed by atoms with Gasteiger partial charge in [-0.05, 0) is 38.5 Å². The molecule has 0 aromatic carbocycles. The molecule has 0 saturated heterocycles. The van der Waals surface area contributed by atoms with Gasteiger partial charge in [0.1, 0.15) is 0 Å². The van der Waals surface area contributed by atoms with E-state index in [1.165, 1.54) is 0 Å². The molecular weight excluding hydrogens is 308 g/mol. The third-order valence-corrected chi connectivity index (χ3v) is 3.90. The largest absolute Gasteiger partial charge is 0.388 e. The van der Waals surface area contributed by atoms with Crippen molar-refractivity contribution >= 4 is 11.8 Å². The maximum atomic E-state index is 12.3. The molecular formula is C18H36N2O4. The van der Waals surface area contributed by atoms with Crippen molar-refractivity contribution in [2.45, 2.75) is 92.5 Å². The Morgan fingerprint density at radius 2 is 0.833 bits per heavy atom. The van der Waals surface area contributed by atoms with Crippen LogP contribution in [0.15, 0.2) is 0 Å². The zero-order valence-corrected chi connectivity index (χ0v) is 16.9. The minimum Gasteiger partial charge on any atom is -0.388 e.